The van der Waals surface area contributed by atoms with Gasteiger partial charge in [-0.05, 0) is 55.2 Å². The van der Waals surface area contributed by atoms with E-state index < -0.39 is 0 Å². The molecule has 2 aromatic rings. The fourth-order valence-electron chi connectivity index (χ4n) is 3.02. The van der Waals surface area contributed by atoms with Crippen LogP contribution in [-0.2, 0) is 19.3 Å². The first-order chi connectivity index (χ1) is 10.0. The van der Waals surface area contributed by atoms with Gasteiger partial charge in [0, 0.05) is 5.69 Å². The number of nitrogens with zero attached hydrogens (tertiary/aromatic N) is 4. The van der Waals surface area contributed by atoms with Crippen molar-refractivity contribution in [3.8, 4) is 5.82 Å². The minimum Gasteiger partial charge on any atom is -0.217 e. The zero-order chi connectivity index (χ0) is 15.0. The molecular formula is C16H21ClN4. The van der Waals surface area contributed by atoms with Crippen molar-refractivity contribution in [2.24, 2.45) is 11.8 Å². The van der Waals surface area contributed by atoms with Crippen molar-refractivity contribution in [3.05, 3.63) is 34.2 Å². The average molecular weight is 305 g/mol. The Balaban J connectivity index is 2.07. The lowest BCUT2D eigenvalue weighted by Crippen LogP contribution is -2.15. The quantitative estimate of drug-likeness (QED) is 0.869. The fraction of sp³-hybridized carbons (Fsp3) is 0.562. The maximum absolute atomic E-state index is 5.84. The van der Waals surface area contributed by atoms with Gasteiger partial charge in [0.05, 0.1) is 5.69 Å². The van der Waals surface area contributed by atoms with Gasteiger partial charge in [-0.3, -0.25) is 0 Å². The third-order valence-corrected chi connectivity index (χ3v) is 4.24. The van der Waals surface area contributed by atoms with Crippen LogP contribution in [0.2, 0.25) is 5.15 Å². The van der Waals surface area contributed by atoms with Crippen LogP contribution in [0.5, 0.6) is 0 Å². The Morgan fingerprint density at radius 1 is 1.33 bits per heavy atom. The number of halogens is 1. The highest BCUT2D eigenvalue weighted by atomic mass is 35.5. The molecule has 112 valence electrons. The average Bonchev–Trinajstić information content (AvgIpc) is 2.77. The lowest BCUT2D eigenvalue weighted by Gasteiger charge is -2.20. The highest BCUT2D eigenvalue weighted by molar-refractivity contribution is 6.29. The molecule has 0 aromatic carbocycles. The largest absolute Gasteiger partial charge is 0.217 e. The first kappa shape index (κ1) is 14.5. The first-order valence-electron chi connectivity index (χ1n) is 7.64. The van der Waals surface area contributed by atoms with E-state index in [2.05, 4.69) is 31.0 Å². The summed E-state index contributed by atoms with van der Waals surface area (Å²) in [5.74, 6) is 2.06. The minimum atomic E-state index is 0.413. The van der Waals surface area contributed by atoms with Crippen LogP contribution in [0.15, 0.2) is 12.1 Å². The van der Waals surface area contributed by atoms with Gasteiger partial charge in [-0.1, -0.05) is 32.4 Å². The van der Waals surface area contributed by atoms with Crippen LogP contribution in [0, 0.1) is 11.8 Å². The molecule has 0 spiro atoms. The van der Waals surface area contributed by atoms with Gasteiger partial charge in [0.1, 0.15) is 0 Å². The maximum Gasteiger partial charge on any atom is 0.176 e. The summed E-state index contributed by atoms with van der Waals surface area (Å²) in [6, 6.07) is 3.66. The van der Waals surface area contributed by atoms with Gasteiger partial charge in [0.15, 0.2) is 11.0 Å². The summed E-state index contributed by atoms with van der Waals surface area (Å²) in [6.45, 7) is 6.77. The lowest BCUT2D eigenvalue weighted by molar-refractivity contribution is 0.485. The van der Waals surface area contributed by atoms with Gasteiger partial charge in [0.2, 0.25) is 0 Å². The van der Waals surface area contributed by atoms with Crippen LogP contribution in [0.4, 0.5) is 0 Å². The minimum absolute atomic E-state index is 0.413. The van der Waals surface area contributed by atoms with Gasteiger partial charge in [0.25, 0.3) is 0 Å². The molecule has 3 rings (SSSR count). The van der Waals surface area contributed by atoms with Gasteiger partial charge in [-0.2, -0.15) is 5.10 Å². The molecule has 0 amide bonds. The Morgan fingerprint density at radius 2 is 2.14 bits per heavy atom. The first-order valence-corrected chi connectivity index (χ1v) is 8.01. The molecule has 1 aliphatic carbocycles. The Bertz CT molecular complexity index is 630. The van der Waals surface area contributed by atoms with Crippen molar-refractivity contribution in [3.63, 3.8) is 0 Å². The molecule has 0 fully saturated rings. The normalized spacial score (nSPS) is 18.0. The predicted octanol–water partition coefficient (Wildman–Crippen LogP) is 3.64. The van der Waals surface area contributed by atoms with E-state index in [0.29, 0.717) is 17.0 Å². The van der Waals surface area contributed by atoms with Crippen LogP contribution in [-0.4, -0.2) is 20.0 Å². The topological polar surface area (TPSA) is 43.6 Å². The molecule has 0 saturated heterocycles. The Morgan fingerprint density at radius 3 is 2.81 bits per heavy atom. The molecule has 21 heavy (non-hydrogen) atoms. The Labute approximate surface area is 130 Å². The fourth-order valence-corrected chi connectivity index (χ4v) is 3.12. The summed E-state index contributed by atoms with van der Waals surface area (Å²) in [5.41, 5.74) is 3.96. The third-order valence-electron chi connectivity index (χ3n) is 4.04. The van der Waals surface area contributed by atoms with E-state index in [-0.39, 0.29) is 0 Å². The SMILES string of the molecule is CC(C)Cc1nn(-c2ccc(Cl)nn2)c2c1CCC(C)C2. The molecular weight excluding hydrogens is 284 g/mol. The van der Waals surface area contributed by atoms with E-state index >= 15 is 0 Å². The van der Waals surface area contributed by atoms with E-state index in [4.69, 9.17) is 16.7 Å². The van der Waals surface area contributed by atoms with Crippen molar-refractivity contribution in [2.45, 2.75) is 46.5 Å². The van der Waals surface area contributed by atoms with Crippen molar-refractivity contribution in [1.82, 2.24) is 20.0 Å². The van der Waals surface area contributed by atoms with Crippen molar-refractivity contribution in [2.75, 3.05) is 0 Å². The van der Waals surface area contributed by atoms with Crippen LogP contribution in [0.1, 0.15) is 44.1 Å². The molecule has 1 unspecified atom stereocenters. The second-order valence-corrected chi connectivity index (χ2v) is 6.83. The summed E-state index contributed by atoms with van der Waals surface area (Å²) >= 11 is 5.84. The van der Waals surface area contributed by atoms with Crippen LogP contribution in [0.3, 0.4) is 0 Å². The molecule has 0 N–H and O–H groups in total. The standard InChI is InChI=1S/C16H21ClN4/c1-10(2)8-13-12-5-4-11(3)9-14(12)21(20-13)16-7-6-15(17)18-19-16/h6-7,10-11H,4-5,8-9H2,1-3H3. The molecule has 2 aromatic heterocycles. The summed E-state index contributed by atoms with van der Waals surface area (Å²) in [5, 5.41) is 13.4. The molecule has 0 radical (unpaired) electrons. The van der Waals surface area contributed by atoms with Crippen molar-refractivity contribution >= 4 is 11.6 Å². The van der Waals surface area contributed by atoms with Crippen molar-refractivity contribution in [1.29, 1.82) is 0 Å². The molecule has 0 saturated carbocycles. The van der Waals surface area contributed by atoms with Crippen molar-refractivity contribution < 1.29 is 0 Å². The van der Waals surface area contributed by atoms with E-state index in [1.807, 2.05) is 10.7 Å². The summed E-state index contributed by atoms with van der Waals surface area (Å²) in [7, 11) is 0. The lowest BCUT2D eigenvalue weighted by atomic mass is 9.87. The van der Waals surface area contributed by atoms with Gasteiger partial charge in [-0.25, -0.2) is 4.68 Å². The Hall–Kier alpha value is -1.42. The monoisotopic (exact) mass is 304 g/mol. The number of hydrogen-bond acceptors (Lipinski definition) is 3. The summed E-state index contributed by atoms with van der Waals surface area (Å²) in [6.07, 6.45) is 4.45. The highest BCUT2D eigenvalue weighted by Crippen LogP contribution is 2.30. The number of aromatic nitrogens is 4. The van der Waals surface area contributed by atoms with Gasteiger partial charge >= 0.3 is 0 Å². The van der Waals surface area contributed by atoms with Gasteiger partial charge in [-0.15, -0.1) is 10.2 Å². The third kappa shape index (κ3) is 2.95. The molecule has 1 aliphatic rings. The highest BCUT2D eigenvalue weighted by Gasteiger charge is 2.25. The van der Waals surface area contributed by atoms with E-state index in [1.54, 1.807) is 6.07 Å². The van der Waals surface area contributed by atoms with Crippen LogP contribution < -0.4 is 0 Å². The predicted molar refractivity (Wildman–Crippen MR) is 83.9 cm³/mol. The number of rotatable bonds is 3. The zero-order valence-electron chi connectivity index (χ0n) is 12.8. The maximum atomic E-state index is 5.84. The zero-order valence-corrected chi connectivity index (χ0v) is 13.6. The molecule has 0 bridgehead atoms. The van der Waals surface area contributed by atoms with E-state index in [1.165, 1.54) is 23.4 Å². The summed E-state index contributed by atoms with van der Waals surface area (Å²) < 4.78 is 1.98. The molecule has 5 heteroatoms. The summed E-state index contributed by atoms with van der Waals surface area (Å²) in [4.78, 5) is 0. The van der Waals surface area contributed by atoms with Crippen LogP contribution >= 0.6 is 11.6 Å². The van der Waals surface area contributed by atoms with Crippen LogP contribution in [0.25, 0.3) is 5.82 Å². The molecule has 1 atom stereocenters. The van der Waals surface area contributed by atoms with E-state index in [0.717, 1.165) is 25.1 Å². The smallest absolute Gasteiger partial charge is 0.176 e. The second kappa shape index (κ2) is 5.76. The second-order valence-electron chi connectivity index (χ2n) is 6.44. The van der Waals surface area contributed by atoms with Gasteiger partial charge < -0.3 is 0 Å². The molecule has 2 heterocycles. The number of fused-ring (bicyclic) bond motifs is 1. The molecule has 4 nitrogen and oxygen atoms in total. The number of hydrogen-bond donors (Lipinski definition) is 0. The van der Waals surface area contributed by atoms with E-state index in [9.17, 15) is 0 Å². The molecule has 0 aliphatic heterocycles. The Kier molecular flexibility index (Phi) is 3.98.